The summed E-state index contributed by atoms with van der Waals surface area (Å²) in [6.45, 7) is 8.73. The van der Waals surface area contributed by atoms with Gasteiger partial charge in [-0.25, -0.2) is 4.39 Å². The van der Waals surface area contributed by atoms with Crippen LogP contribution in [0.4, 0.5) is 9.52 Å². The Hall–Kier alpha value is -4.80. The first-order chi connectivity index (χ1) is 23.0. The number of ether oxygens (including phenoxy) is 1. The summed E-state index contributed by atoms with van der Waals surface area (Å²) >= 11 is 2.58. The minimum Gasteiger partial charge on any atom is -0.507 e. The van der Waals surface area contributed by atoms with Gasteiger partial charge in [0.25, 0.3) is 5.78 Å². The molecule has 5 aromatic rings. The number of rotatable bonds is 9. The molecule has 7 nitrogen and oxygen atoms in total. The minimum absolute atomic E-state index is 0.0346. The first-order valence-electron chi connectivity index (χ1n) is 15.4. The van der Waals surface area contributed by atoms with E-state index in [0.29, 0.717) is 33.6 Å². The molecule has 1 unspecified atom stereocenters. The average Bonchev–Trinajstić information content (AvgIpc) is 3.64. The van der Waals surface area contributed by atoms with Crippen molar-refractivity contribution in [3.05, 3.63) is 142 Å². The highest BCUT2D eigenvalue weighted by atomic mass is 32.2. The normalized spacial score (nSPS) is 16.0. The van der Waals surface area contributed by atoms with Crippen molar-refractivity contribution in [2.45, 2.75) is 55.9 Å². The summed E-state index contributed by atoms with van der Waals surface area (Å²) in [6, 6.07) is 27.8. The van der Waals surface area contributed by atoms with Gasteiger partial charge >= 0.3 is 5.91 Å². The highest BCUT2D eigenvalue weighted by Crippen LogP contribution is 2.44. The number of thioether (sulfide) groups is 1. The zero-order valence-corrected chi connectivity index (χ0v) is 28.6. The molecule has 1 aromatic heterocycles. The molecule has 1 saturated heterocycles. The Labute approximate surface area is 287 Å². The van der Waals surface area contributed by atoms with Crippen molar-refractivity contribution in [3.63, 3.8) is 0 Å². The fraction of sp³-hybridized carbons (Fsp3) is 0.211. The molecule has 2 heterocycles. The summed E-state index contributed by atoms with van der Waals surface area (Å²) in [7, 11) is 0. The SMILES string of the molecule is Cc1cccc(COc2ccc(C(O)=C3C(=O)C(=O)N(c4nnc(SCc5ccc(F)cc5)s4)C3c3ccc(C(C)(C)C)cc3)cc2)c1. The highest BCUT2D eigenvalue weighted by Gasteiger charge is 2.48. The Morgan fingerprint density at radius 1 is 0.938 bits per heavy atom. The fourth-order valence-corrected chi connectivity index (χ4v) is 7.25. The van der Waals surface area contributed by atoms with Gasteiger partial charge in [0.05, 0.1) is 11.6 Å². The maximum atomic E-state index is 13.7. The smallest absolute Gasteiger partial charge is 0.301 e. The van der Waals surface area contributed by atoms with Crippen LogP contribution in [0.25, 0.3) is 5.76 Å². The topological polar surface area (TPSA) is 92.6 Å². The Balaban J connectivity index is 1.32. The molecule has 244 valence electrons. The van der Waals surface area contributed by atoms with Crippen LogP contribution in [0, 0.1) is 12.7 Å². The number of aryl methyl sites for hydroxylation is 1. The molecule has 0 radical (unpaired) electrons. The van der Waals surface area contributed by atoms with Crippen molar-refractivity contribution in [1.29, 1.82) is 0 Å². The maximum absolute atomic E-state index is 13.7. The van der Waals surface area contributed by atoms with Crippen LogP contribution >= 0.6 is 23.1 Å². The van der Waals surface area contributed by atoms with Crippen LogP contribution in [0.15, 0.2) is 107 Å². The highest BCUT2D eigenvalue weighted by molar-refractivity contribution is 8.00. The monoisotopic (exact) mass is 679 g/mol. The zero-order chi connectivity index (χ0) is 34.0. The van der Waals surface area contributed by atoms with Crippen molar-refractivity contribution < 1.29 is 23.8 Å². The van der Waals surface area contributed by atoms with E-state index in [1.54, 1.807) is 36.4 Å². The number of ketones is 1. The Morgan fingerprint density at radius 2 is 1.65 bits per heavy atom. The van der Waals surface area contributed by atoms with Gasteiger partial charge in [-0.3, -0.25) is 14.5 Å². The predicted octanol–water partition coefficient (Wildman–Crippen LogP) is 8.78. The van der Waals surface area contributed by atoms with E-state index in [2.05, 4.69) is 37.0 Å². The minimum atomic E-state index is -0.931. The molecular weight excluding hydrogens is 646 g/mol. The van der Waals surface area contributed by atoms with E-state index in [0.717, 1.165) is 22.3 Å². The molecule has 1 atom stereocenters. The van der Waals surface area contributed by atoms with Gasteiger partial charge in [-0.2, -0.15) is 0 Å². The lowest BCUT2D eigenvalue weighted by atomic mass is 9.85. The molecule has 0 saturated carbocycles. The van der Waals surface area contributed by atoms with E-state index >= 15 is 0 Å². The van der Waals surface area contributed by atoms with Crippen LogP contribution in [0.1, 0.15) is 60.2 Å². The van der Waals surface area contributed by atoms with Crippen molar-refractivity contribution in [3.8, 4) is 5.75 Å². The molecule has 10 heteroatoms. The summed E-state index contributed by atoms with van der Waals surface area (Å²) in [5, 5.41) is 20.4. The number of aliphatic hydroxyl groups excluding tert-OH is 1. The van der Waals surface area contributed by atoms with E-state index in [1.165, 1.54) is 40.1 Å². The standard InChI is InChI=1S/C38H34FN3O4S2/c1-23-6-5-7-25(20-23)21-46-30-18-12-27(13-19-30)33(43)31-32(26-10-14-28(15-11-26)38(2,3)4)42(35(45)34(31)44)36-40-41-37(48-36)47-22-24-8-16-29(39)17-9-24/h5-20,32,43H,21-22H2,1-4H3. The van der Waals surface area contributed by atoms with Gasteiger partial charge in [0.1, 0.15) is 23.9 Å². The molecule has 1 aliphatic heterocycles. The van der Waals surface area contributed by atoms with Gasteiger partial charge in [0.2, 0.25) is 5.13 Å². The lowest BCUT2D eigenvalue weighted by Crippen LogP contribution is -2.29. The fourth-order valence-electron chi connectivity index (χ4n) is 5.43. The van der Waals surface area contributed by atoms with Gasteiger partial charge in [-0.15, -0.1) is 10.2 Å². The van der Waals surface area contributed by atoms with Gasteiger partial charge in [0, 0.05) is 11.3 Å². The largest absolute Gasteiger partial charge is 0.507 e. The van der Waals surface area contributed by atoms with E-state index in [1.807, 2.05) is 49.4 Å². The number of anilines is 1. The molecule has 48 heavy (non-hydrogen) atoms. The van der Waals surface area contributed by atoms with Crippen molar-refractivity contribution in [2.24, 2.45) is 0 Å². The Kier molecular flexibility index (Phi) is 9.48. The summed E-state index contributed by atoms with van der Waals surface area (Å²) in [4.78, 5) is 28.7. The van der Waals surface area contributed by atoms with E-state index < -0.39 is 17.7 Å². The summed E-state index contributed by atoms with van der Waals surface area (Å²) in [6.07, 6.45) is 0. The van der Waals surface area contributed by atoms with Crippen LogP contribution in [0.3, 0.4) is 0 Å². The third kappa shape index (κ3) is 7.19. The van der Waals surface area contributed by atoms with Crippen LogP contribution in [-0.2, 0) is 27.4 Å². The van der Waals surface area contributed by atoms with Crippen LogP contribution in [-0.4, -0.2) is 27.0 Å². The van der Waals surface area contributed by atoms with Crippen molar-refractivity contribution in [2.75, 3.05) is 4.90 Å². The van der Waals surface area contributed by atoms with Gasteiger partial charge in [-0.1, -0.05) is 110 Å². The number of amides is 1. The first-order valence-corrected chi connectivity index (χ1v) is 17.2. The van der Waals surface area contributed by atoms with E-state index in [9.17, 15) is 19.1 Å². The molecule has 0 bridgehead atoms. The number of aliphatic hydroxyl groups is 1. The van der Waals surface area contributed by atoms with Gasteiger partial charge in [-0.05, 0) is 71.0 Å². The molecular formula is C38H34FN3O4S2. The second-order valence-corrected chi connectivity index (χ2v) is 14.8. The zero-order valence-electron chi connectivity index (χ0n) is 26.9. The lowest BCUT2D eigenvalue weighted by molar-refractivity contribution is -0.132. The van der Waals surface area contributed by atoms with Gasteiger partial charge < -0.3 is 9.84 Å². The molecule has 4 aromatic carbocycles. The Morgan fingerprint density at radius 3 is 2.31 bits per heavy atom. The first kappa shape index (κ1) is 33.1. The van der Waals surface area contributed by atoms with Crippen LogP contribution < -0.4 is 9.64 Å². The number of carbonyl (C=O) groups excluding carboxylic acids is 2. The quantitative estimate of drug-likeness (QED) is 0.0547. The predicted molar refractivity (Wildman–Crippen MR) is 188 cm³/mol. The molecule has 6 rings (SSSR count). The maximum Gasteiger partial charge on any atom is 0.301 e. The molecule has 0 aliphatic carbocycles. The molecule has 0 spiro atoms. The van der Waals surface area contributed by atoms with Crippen molar-refractivity contribution in [1.82, 2.24) is 10.2 Å². The summed E-state index contributed by atoms with van der Waals surface area (Å²) in [5.41, 5.74) is 5.05. The van der Waals surface area contributed by atoms with E-state index in [-0.39, 0.29) is 27.7 Å². The molecule has 1 amide bonds. The van der Waals surface area contributed by atoms with E-state index in [4.69, 9.17) is 4.74 Å². The number of aromatic nitrogens is 2. The molecule has 1 N–H and O–H groups in total. The number of nitrogens with zero attached hydrogens (tertiary/aromatic N) is 3. The number of hydrogen-bond acceptors (Lipinski definition) is 8. The molecule has 1 fully saturated rings. The number of Topliss-reactive ketones (excluding diaryl/α,β-unsaturated/α-hetero) is 1. The lowest BCUT2D eigenvalue weighted by Gasteiger charge is -2.24. The Bertz CT molecular complexity index is 1980. The number of halogens is 1. The summed E-state index contributed by atoms with van der Waals surface area (Å²) in [5.74, 6) is -1.09. The summed E-state index contributed by atoms with van der Waals surface area (Å²) < 4.78 is 19.9. The van der Waals surface area contributed by atoms with Crippen LogP contribution in [0.2, 0.25) is 0 Å². The van der Waals surface area contributed by atoms with Crippen molar-refractivity contribution >= 4 is 45.7 Å². The third-order valence-corrected chi connectivity index (χ3v) is 10.2. The number of hydrogen-bond donors (Lipinski definition) is 1. The second kappa shape index (κ2) is 13.7. The molecule has 1 aliphatic rings. The van der Waals surface area contributed by atoms with Gasteiger partial charge in [0.15, 0.2) is 4.34 Å². The third-order valence-electron chi connectivity index (χ3n) is 8.03. The average molecular weight is 680 g/mol. The second-order valence-electron chi connectivity index (χ2n) is 12.6. The van der Waals surface area contributed by atoms with Crippen LogP contribution in [0.5, 0.6) is 5.75 Å². The number of benzene rings is 4. The number of carbonyl (C=O) groups is 2.